The zero-order valence-corrected chi connectivity index (χ0v) is 15.8. The number of amidine groups is 1. The van der Waals surface area contributed by atoms with Gasteiger partial charge in [-0.3, -0.25) is 5.41 Å². The van der Waals surface area contributed by atoms with Crippen LogP contribution in [0.1, 0.15) is 21.6 Å². The van der Waals surface area contributed by atoms with Gasteiger partial charge in [0.05, 0.1) is 10.4 Å². The molecule has 0 aliphatic carbocycles. The highest BCUT2D eigenvalue weighted by atomic mass is 35.5. The van der Waals surface area contributed by atoms with Crippen molar-refractivity contribution in [1.82, 2.24) is 4.98 Å². The summed E-state index contributed by atoms with van der Waals surface area (Å²) in [7, 11) is 0. The Morgan fingerprint density at radius 3 is 2.70 bits per heavy atom. The molecule has 0 aliphatic heterocycles. The van der Waals surface area contributed by atoms with Gasteiger partial charge in [0.2, 0.25) is 0 Å². The van der Waals surface area contributed by atoms with Crippen LogP contribution in [0, 0.1) is 11.3 Å². The molecule has 0 aliphatic rings. The van der Waals surface area contributed by atoms with E-state index in [0.29, 0.717) is 27.7 Å². The van der Waals surface area contributed by atoms with Gasteiger partial charge >= 0.3 is 0 Å². The lowest BCUT2D eigenvalue weighted by molar-refractivity contribution is -0.106. The topological polar surface area (TPSA) is 127 Å². The van der Waals surface area contributed by atoms with Crippen LogP contribution in [0.2, 0.25) is 5.02 Å². The van der Waals surface area contributed by atoms with Crippen LogP contribution in [-0.2, 0) is 6.42 Å². The fraction of sp³-hybridized carbons (Fsp3) is 0.0526. The highest BCUT2D eigenvalue weighted by molar-refractivity contribution is 7.18. The number of aliphatic imine (C=N–C) groups is 1. The highest BCUT2D eigenvalue weighted by Gasteiger charge is 2.23. The molecule has 0 unspecified atom stereocenters. The molecule has 2 aromatic heterocycles. The van der Waals surface area contributed by atoms with E-state index in [1.165, 1.54) is 11.3 Å². The molecule has 1 aromatic carbocycles. The number of nitrogen functional groups attached to an aromatic ring is 1. The number of aromatic nitrogens is 1. The third-order valence-electron chi connectivity index (χ3n) is 3.90. The van der Waals surface area contributed by atoms with E-state index >= 15 is 0 Å². The number of thiophene rings is 1. The highest BCUT2D eigenvalue weighted by Crippen LogP contribution is 2.38. The van der Waals surface area contributed by atoms with Crippen molar-refractivity contribution >= 4 is 40.9 Å². The Bertz CT molecular complexity index is 1060. The van der Waals surface area contributed by atoms with E-state index < -0.39 is 0 Å². The molecule has 0 fully saturated rings. The summed E-state index contributed by atoms with van der Waals surface area (Å²) in [6.07, 6.45) is 3.25. The maximum absolute atomic E-state index is 9.85. The van der Waals surface area contributed by atoms with Gasteiger partial charge in [0, 0.05) is 17.6 Å². The van der Waals surface area contributed by atoms with Crippen LogP contribution in [0.4, 0.5) is 5.82 Å². The molecule has 134 valence electrons. The monoisotopic (exact) mass is 395 g/mol. The third-order valence-corrected chi connectivity index (χ3v) is 5.46. The van der Waals surface area contributed by atoms with E-state index in [-0.39, 0.29) is 5.84 Å². The number of nitriles is 1. The summed E-state index contributed by atoms with van der Waals surface area (Å²) in [6.45, 7) is 0. The molecule has 0 amide bonds. The molecule has 8 heteroatoms. The Kier molecular flexibility index (Phi) is 5.50. The van der Waals surface area contributed by atoms with Crippen molar-refractivity contribution < 1.29 is 5.41 Å². The number of hydrogen-bond donors (Lipinski definition) is 3. The normalized spacial score (nSPS) is 11.2. The van der Waals surface area contributed by atoms with Crippen molar-refractivity contribution in [3.8, 4) is 16.5 Å². The average molecular weight is 396 g/mol. The summed E-state index contributed by atoms with van der Waals surface area (Å²) >= 11 is 7.35. The number of benzene rings is 1. The van der Waals surface area contributed by atoms with Crippen molar-refractivity contribution in [2.75, 3.05) is 5.73 Å². The number of pyridine rings is 1. The number of halogens is 1. The maximum Gasteiger partial charge on any atom is 0.279 e. The van der Waals surface area contributed by atoms with Gasteiger partial charge in [0.25, 0.3) is 12.2 Å². The zero-order valence-electron chi connectivity index (χ0n) is 14.2. The second-order valence-corrected chi connectivity index (χ2v) is 7.12. The summed E-state index contributed by atoms with van der Waals surface area (Å²) in [5.41, 5.74) is 15.0. The summed E-state index contributed by atoms with van der Waals surface area (Å²) in [5, 5.41) is 15.9. The maximum atomic E-state index is 9.85. The summed E-state index contributed by atoms with van der Waals surface area (Å²) < 4.78 is 0. The van der Waals surface area contributed by atoms with Gasteiger partial charge in [-0.2, -0.15) is 5.26 Å². The van der Waals surface area contributed by atoms with E-state index in [4.69, 9.17) is 28.5 Å². The van der Waals surface area contributed by atoms with Gasteiger partial charge in [-0.1, -0.05) is 23.7 Å². The molecule has 6 N–H and O–H groups in total. The van der Waals surface area contributed by atoms with E-state index in [1.54, 1.807) is 18.3 Å². The summed E-state index contributed by atoms with van der Waals surface area (Å²) in [6, 6.07) is 13.3. The van der Waals surface area contributed by atoms with Crippen molar-refractivity contribution in [1.29, 1.82) is 5.26 Å². The first kappa shape index (κ1) is 18.6. The molecule has 27 heavy (non-hydrogen) atoms. The van der Waals surface area contributed by atoms with E-state index in [1.807, 2.05) is 24.3 Å². The van der Waals surface area contributed by atoms with Gasteiger partial charge < -0.3 is 11.5 Å². The third kappa shape index (κ3) is 3.97. The van der Waals surface area contributed by atoms with Crippen LogP contribution >= 0.6 is 22.9 Å². The van der Waals surface area contributed by atoms with E-state index in [0.717, 1.165) is 27.9 Å². The Balaban J connectivity index is 2.19. The van der Waals surface area contributed by atoms with Gasteiger partial charge in [0.15, 0.2) is 0 Å². The molecule has 0 radical (unpaired) electrons. The van der Waals surface area contributed by atoms with Crippen LogP contribution in [0.5, 0.6) is 0 Å². The van der Waals surface area contributed by atoms with E-state index in [9.17, 15) is 5.26 Å². The molecular formula is C19H16ClN6S+. The number of nitrogens with zero attached hydrogens (tertiary/aromatic N) is 3. The molecule has 0 saturated heterocycles. The second-order valence-electron chi connectivity index (χ2n) is 5.66. The molecule has 0 atom stereocenters. The minimum absolute atomic E-state index is 0.260. The van der Waals surface area contributed by atoms with Gasteiger partial charge in [-0.15, -0.1) is 11.3 Å². The lowest BCUT2D eigenvalue weighted by Gasteiger charge is -2.04. The fourth-order valence-electron chi connectivity index (χ4n) is 2.70. The molecule has 2 heterocycles. The first-order chi connectivity index (χ1) is 13.0. The molecule has 0 bridgehead atoms. The Morgan fingerprint density at radius 2 is 2.07 bits per heavy atom. The second kappa shape index (κ2) is 7.99. The largest absolute Gasteiger partial charge is 0.384 e. The standard InChI is InChI=1S/C19H15ClN6S/c20-13-3-1-11(2-4-13)7-14-15(9-21)17(12-5-6-25-16(23)8-12)27-18(14)19(24)26-10-22/h1-6,8,10H,7H2,(H2,23,25)(H3,22,24,26)/p+1. The Hall–Kier alpha value is -3.21. The van der Waals surface area contributed by atoms with Gasteiger partial charge in [0.1, 0.15) is 16.8 Å². The lowest BCUT2D eigenvalue weighted by Crippen LogP contribution is -2.30. The first-order valence-electron chi connectivity index (χ1n) is 7.92. The van der Waals surface area contributed by atoms with Crippen LogP contribution in [0.15, 0.2) is 47.6 Å². The molecule has 6 nitrogen and oxygen atoms in total. The fourth-order valence-corrected chi connectivity index (χ4v) is 4.00. The Morgan fingerprint density at radius 1 is 1.33 bits per heavy atom. The van der Waals surface area contributed by atoms with Crippen LogP contribution in [0.25, 0.3) is 10.4 Å². The predicted molar refractivity (Wildman–Crippen MR) is 110 cm³/mol. The van der Waals surface area contributed by atoms with Gasteiger partial charge in [-0.05, 0) is 45.9 Å². The SMILES string of the molecule is N#Cc1c(-c2ccnc(N)c2)sc(C(N)=NC=[NH2+])c1Cc1ccc(Cl)cc1. The number of anilines is 1. The minimum Gasteiger partial charge on any atom is -0.384 e. The molecule has 0 saturated carbocycles. The molecular weight excluding hydrogens is 380 g/mol. The molecule has 0 spiro atoms. The predicted octanol–water partition coefficient (Wildman–Crippen LogP) is 2.00. The number of nitrogens with two attached hydrogens (primary N) is 3. The quantitative estimate of drug-likeness (QED) is 0.451. The summed E-state index contributed by atoms with van der Waals surface area (Å²) in [4.78, 5) is 9.48. The van der Waals surface area contributed by atoms with Crippen LogP contribution in [-0.4, -0.2) is 17.2 Å². The van der Waals surface area contributed by atoms with Crippen LogP contribution < -0.4 is 16.9 Å². The number of rotatable bonds is 5. The first-order valence-corrected chi connectivity index (χ1v) is 9.12. The van der Waals surface area contributed by atoms with Crippen molar-refractivity contribution in [3.63, 3.8) is 0 Å². The van der Waals surface area contributed by atoms with E-state index in [2.05, 4.69) is 16.0 Å². The van der Waals surface area contributed by atoms with Crippen molar-refractivity contribution in [2.45, 2.75) is 6.42 Å². The van der Waals surface area contributed by atoms with Crippen molar-refractivity contribution in [3.05, 3.63) is 69.2 Å². The zero-order chi connectivity index (χ0) is 19.4. The smallest absolute Gasteiger partial charge is 0.279 e. The minimum atomic E-state index is 0.260. The van der Waals surface area contributed by atoms with Gasteiger partial charge in [-0.25, -0.2) is 4.98 Å². The molecule has 3 rings (SSSR count). The van der Waals surface area contributed by atoms with Crippen molar-refractivity contribution in [2.24, 2.45) is 10.7 Å². The summed E-state index contributed by atoms with van der Waals surface area (Å²) in [5.74, 6) is 0.638. The molecule has 3 aromatic rings. The van der Waals surface area contributed by atoms with Crippen LogP contribution in [0.3, 0.4) is 0 Å². The number of hydrogen-bond acceptors (Lipinski definition) is 4. The average Bonchev–Trinajstić information content (AvgIpc) is 3.02. The lowest BCUT2D eigenvalue weighted by atomic mass is 9.98. The Labute approximate surface area is 165 Å².